The first-order valence-electron chi connectivity index (χ1n) is 7.98. The topological polar surface area (TPSA) is 83.1 Å². The number of nitrogens with one attached hydrogen (secondary N) is 1. The molecule has 0 radical (unpaired) electrons. The minimum atomic E-state index is -3.73. The molecule has 0 aromatic rings. The third-order valence-corrected chi connectivity index (χ3v) is 9.90. The van der Waals surface area contributed by atoms with Gasteiger partial charge in [-0.3, -0.25) is 14.4 Å². The average Bonchev–Trinajstić information content (AvgIpc) is 2.49. The molecule has 0 atom stereocenters. The van der Waals surface area contributed by atoms with E-state index in [1.807, 2.05) is 0 Å². The fourth-order valence-electron chi connectivity index (χ4n) is 2.67. The summed E-state index contributed by atoms with van der Waals surface area (Å²) in [5, 5.41) is 1.69. The fourth-order valence-corrected chi connectivity index (χ4v) is 8.40. The summed E-state index contributed by atoms with van der Waals surface area (Å²) in [6.45, 7) is 8.26. The van der Waals surface area contributed by atoms with Crippen molar-refractivity contribution in [3.8, 4) is 0 Å². The zero-order chi connectivity index (χ0) is 16.7. The molecular formula is C13H29NO6P2. The smallest absolute Gasteiger partial charge is 0.307 e. The zero-order valence-electron chi connectivity index (χ0n) is 14.0. The second kappa shape index (κ2) is 8.93. The van der Waals surface area contributed by atoms with Gasteiger partial charge >= 0.3 is 15.2 Å². The minimum absolute atomic E-state index is 0.193. The van der Waals surface area contributed by atoms with Gasteiger partial charge in [-0.2, -0.15) is 0 Å². The van der Waals surface area contributed by atoms with Gasteiger partial charge in [0.05, 0.1) is 26.4 Å². The molecule has 0 bridgehead atoms. The van der Waals surface area contributed by atoms with Crippen LogP contribution < -0.4 is 5.32 Å². The Kier molecular flexibility index (Phi) is 8.24. The summed E-state index contributed by atoms with van der Waals surface area (Å²) >= 11 is 0. The largest absolute Gasteiger partial charge is 0.362 e. The standard InChI is InChI=1S/C13H29NO6P2/c1-5-17-21(15,18-6-2)13(11-9-10-12-14-13)22(16,19-7-3)20-8-4/h14H,5-12H2,1-4H3. The molecule has 1 fully saturated rings. The van der Waals surface area contributed by atoms with E-state index in [1.165, 1.54) is 0 Å². The molecule has 1 aliphatic rings. The molecule has 1 rings (SSSR count). The molecule has 7 nitrogen and oxygen atoms in total. The molecule has 0 amide bonds. The second-order valence-electron chi connectivity index (χ2n) is 4.87. The van der Waals surface area contributed by atoms with Crippen LogP contribution in [-0.2, 0) is 27.2 Å². The highest BCUT2D eigenvalue weighted by atomic mass is 31.2. The normalized spacial score (nSPS) is 19.3. The van der Waals surface area contributed by atoms with Gasteiger partial charge in [0.2, 0.25) is 5.02 Å². The molecule has 0 aromatic heterocycles. The van der Waals surface area contributed by atoms with Crippen LogP contribution in [-0.4, -0.2) is 38.0 Å². The number of piperidine rings is 1. The number of hydrogen-bond acceptors (Lipinski definition) is 7. The molecule has 22 heavy (non-hydrogen) atoms. The lowest BCUT2D eigenvalue weighted by molar-refractivity contribution is 0.158. The molecule has 0 aromatic carbocycles. The van der Waals surface area contributed by atoms with Crippen molar-refractivity contribution >= 4 is 15.2 Å². The monoisotopic (exact) mass is 357 g/mol. The Morgan fingerprint density at radius 3 is 1.50 bits per heavy atom. The molecule has 9 heteroatoms. The zero-order valence-corrected chi connectivity index (χ0v) is 15.8. The summed E-state index contributed by atoms with van der Waals surface area (Å²) in [4.78, 5) is 0. The van der Waals surface area contributed by atoms with Crippen LogP contribution in [0.15, 0.2) is 0 Å². The van der Waals surface area contributed by atoms with Gasteiger partial charge < -0.3 is 18.1 Å². The first-order valence-corrected chi connectivity index (χ1v) is 11.1. The number of rotatable bonds is 10. The first-order chi connectivity index (χ1) is 10.4. The van der Waals surface area contributed by atoms with Crippen molar-refractivity contribution in [2.24, 2.45) is 0 Å². The fraction of sp³-hybridized carbons (Fsp3) is 1.00. The molecule has 1 N–H and O–H groups in total. The van der Waals surface area contributed by atoms with Crippen molar-refractivity contribution in [2.75, 3.05) is 33.0 Å². The SMILES string of the molecule is CCOP(=O)(OCC)C1(P(=O)(OCC)OCC)CCCCN1. The van der Waals surface area contributed by atoms with Gasteiger partial charge in [-0.25, -0.2) is 0 Å². The average molecular weight is 357 g/mol. The Morgan fingerprint density at radius 2 is 1.23 bits per heavy atom. The van der Waals surface area contributed by atoms with Gasteiger partial charge in [0.25, 0.3) is 0 Å². The summed E-state index contributed by atoms with van der Waals surface area (Å²) < 4.78 is 48.9. The Hall–Kier alpha value is 0.260. The van der Waals surface area contributed by atoms with Gasteiger partial charge in [0.15, 0.2) is 0 Å². The summed E-state index contributed by atoms with van der Waals surface area (Å²) in [6, 6.07) is 0. The van der Waals surface area contributed by atoms with Crippen LogP contribution >= 0.6 is 15.2 Å². The molecular weight excluding hydrogens is 328 g/mol. The maximum atomic E-state index is 13.4. The van der Waals surface area contributed by atoms with E-state index in [0.717, 1.165) is 12.8 Å². The van der Waals surface area contributed by atoms with E-state index >= 15 is 0 Å². The molecule has 1 aliphatic heterocycles. The van der Waals surface area contributed by atoms with Crippen molar-refractivity contribution < 1.29 is 27.2 Å². The summed E-state index contributed by atoms with van der Waals surface area (Å²) in [6.07, 6.45) is 2.01. The summed E-state index contributed by atoms with van der Waals surface area (Å²) in [5.74, 6) is 0. The van der Waals surface area contributed by atoms with Gasteiger partial charge in [-0.15, -0.1) is 0 Å². The van der Waals surface area contributed by atoms with E-state index in [0.29, 0.717) is 13.0 Å². The first kappa shape index (κ1) is 20.3. The predicted molar refractivity (Wildman–Crippen MR) is 86.3 cm³/mol. The van der Waals surface area contributed by atoms with E-state index in [-0.39, 0.29) is 26.4 Å². The molecule has 0 unspecified atom stereocenters. The van der Waals surface area contributed by atoms with Gasteiger partial charge in [0, 0.05) is 0 Å². The van der Waals surface area contributed by atoms with Gasteiger partial charge in [-0.05, 0) is 53.5 Å². The van der Waals surface area contributed by atoms with E-state index in [1.54, 1.807) is 27.7 Å². The van der Waals surface area contributed by atoms with Gasteiger partial charge in [0.1, 0.15) is 0 Å². The lowest BCUT2D eigenvalue weighted by atomic mass is 10.2. The van der Waals surface area contributed by atoms with Crippen molar-refractivity contribution in [2.45, 2.75) is 52.0 Å². The van der Waals surface area contributed by atoms with E-state index in [2.05, 4.69) is 5.32 Å². The lowest BCUT2D eigenvalue weighted by Crippen LogP contribution is -2.49. The van der Waals surface area contributed by atoms with Crippen LogP contribution in [0.5, 0.6) is 0 Å². The Bertz CT molecular complexity index is 373. The van der Waals surface area contributed by atoms with Gasteiger partial charge in [-0.1, -0.05) is 0 Å². The van der Waals surface area contributed by atoms with Crippen molar-refractivity contribution in [3.63, 3.8) is 0 Å². The van der Waals surface area contributed by atoms with Crippen molar-refractivity contribution in [3.05, 3.63) is 0 Å². The Labute approximate surface area is 133 Å². The van der Waals surface area contributed by atoms with Crippen LogP contribution in [0, 0.1) is 0 Å². The Morgan fingerprint density at radius 1 is 0.818 bits per heavy atom. The van der Waals surface area contributed by atoms with Crippen molar-refractivity contribution in [1.82, 2.24) is 5.32 Å². The summed E-state index contributed by atoms with van der Waals surface area (Å²) in [5.41, 5.74) is 0. The molecule has 0 aliphatic carbocycles. The second-order valence-corrected chi connectivity index (χ2v) is 9.77. The minimum Gasteiger partial charge on any atom is -0.307 e. The maximum Gasteiger partial charge on any atom is 0.362 e. The van der Waals surface area contributed by atoms with E-state index < -0.39 is 20.2 Å². The highest BCUT2D eigenvalue weighted by molar-refractivity contribution is 7.74. The summed E-state index contributed by atoms with van der Waals surface area (Å²) in [7, 11) is -7.46. The van der Waals surface area contributed by atoms with E-state index in [9.17, 15) is 9.13 Å². The van der Waals surface area contributed by atoms with Crippen LogP contribution in [0.25, 0.3) is 0 Å². The molecule has 0 saturated carbocycles. The molecule has 0 spiro atoms. The van der Waals surface area contributed by atoms with Crippen LogP contribution in [0.3, 0.4) is 0 Å². The van der Waals surface area contributed by atoms with E-state index in [4.69, 9.17) is 18.1 Å². The molecule has 132 valence electrons. The predicted octanol–water partition coefficient (Wildman–Crippen LogP) is 3.95. The van der Waals surface area contributed by atoms with Crippen LogP contribution in [0.4, 0.5) is 0 Å². The highest BCUT2D eigenvalue weighted by Gasteiger charge is 2.65. The lowest BCUT2D eigenvalue weighted by Gasteiger charge is -2.44. The third-order valence-electron chi connectivity index (χ3n) is 3.46. The maximum absolute atomic E-state index is 13.4. The number of hydrogen-bond donors (Lipinski definition) is 1. The van der Waals surface area contributed by atoms with Crippen molar-refractivity contribution in [1.29, 1.82) is 0 Å². The van der Waals surface area contributed by atoms with Crippen LogP contribution in [0.2, 0.25) is 0 Å². The third kappa shape index (κ3) is 3.84. The molecule has 1 heterocycles. The molecule has 1 saturated heterocycles. The quantitative estimate of drug-likeness (QED) is 0.593. The van der Waals surface area contributed by atoms with Crippen LogP contribution in [0.1, 0.15) is 47.0 Å². The Balaban J connectivity index is 3.39. The highest BCUT2D eigenvalue weighted by Crippen LogP contribution is 2.78.